The molecule has 20 heavy (non-hydrogen) atoms. The third kappa shape index (κ3) is 3.45. The molecule has 0 saturated carbocycles. The van der Waals surface area contributed by atoms with E-state index < -0.39 is 0 Å². The molecule has 4 heteroatoms. The highest BCUT2D eigenvalue weighted by molar-refractivity contribution is 9.10. The van der Waals surface area contributed by atoms with Crippen molar-refractivity contribution in [2.45, 2.75) is 13.5 Å². The first-order valence-corrected chi connectivity index (χ1v) is 7.14. The summed E-state index contributed by atoms with van der Waals surface area (Å²) in [6.07, 6.45) is 0. The van der Waals surface area contributed by atoms with Crippen molar-refractivity contribution in [1.29, 1.82) is 0 Å². The van der Waals surface area contributed by atoms with Gasteiger partial charge in [-0.15, -0.1) is 0 Å². The predicted molar refractivity (Wildman–Crippen MR) is 85.8 cm³/mol. The van der Waals surface area contributed by atoms with Crippen LogP contribution in [0.25, 0.3) is 0 Å². The van der Waals surface area contributed by atoms with Crippen molar-refractivity contribution in [2.24, 2.45) is 0 Å². The minimum atomic E-state index is 0.689. The van der Waals surface area contributed by atoms with E-state index in [-0.39, 0.29) is 0 Å². The van der Waals surface area contributed by atoms with E-state index in [1.54, 1.807) is 14.2 Å². The van der Waals surface area contributed by atoms with E-state index in [0.717, 1.165) is 27.2 Å². The second kappa shape index (κ2) is 6.66. The molecule has 0 amide bonds. The molecule has 106 valence electrons. The molecule has 0 aliphatic carbocycles. The highest BCUT2D eigenvalue weighted by Crippen LogP contribution is 2.27. The van der Waals surface area contributed by atoms with Gasteiger partial charge in [0.05, 0.1) is 14.2 Å². The van der Waals surface area contributed by atoms with E-state index >= 15 is 0 Å². The second-order valence-corrected chi connectivity index (χ2v) is 5.37. The molecule has 0 aromatic heterocycles. The lowest BCUT2D eigenvalue weighted by molar-refractivity contribution is 0.391. The summed E-state index contributed by atoms with van der Waals surface area (Å²) < 4.78 is 11.7. The third-order valence-electron chi connectivity index (χ3n) is 3.09. The molecule has 0 bridgehead atoms. The van der Waals surface area contributed by atoms with Crippen LogP contribution >= 0.6 is 15.9 Å². The number of halogens is 1. The monoisotopic (exact) mass is 335 g/mol. The van der Waals surface area contributed by atoms with E-state index in [9.17, 15) is 0 Å². The summed E-state index contributed by atoms with van der Waals surface area (Å²) in [6, 6.07) is 12.1. The first-order valence-electron chi connectivity index (χ1n) is 6.35. The second-order valence-electron chi connectivity index (χ2n) is 4.51. The molecule has 0 saturated heterocycles. The number of hydrogen-bond donors (Lipinski definition) is 1. The molecule has 0 aliphatic heterocycles. The van der Waals surface area contributed by atoms with Crippen LogP contribution in [0.3, 0.4) is 0 Å². The lowest BCUT2D eigenvalue weighted by Crippen LogP contribution is -2.02. The summed E-state index contributed by atoms with van der Waals surface area (Å²) in [7, 11) is 3.32. The van der Waals surface area contributed by atoms with Crippen LogP contribution in [-0.4, -0.2) is 14.2 Å². The molecule has 3 nitrogen and oxygen atoms in total. The van der Waals surface area contributed by atoms with Gasteiger partial charge in [-0.2, -0.15) is 0 Å². The van der Waals surface area contributed by atoms with Crippen LogP contribution < -0.4 is 14.8 Å². The van der Waals surface area contributed by atoms with Gasteiger partial charge in [0.1, 0.15) is 11.5 Å². The van der Waals surface area contributed by atoms with Crippen LogP contribution in [-0.2, 0) is 6.54 Å². The van der Waals surface area contributed by atoms with E-state index in [1.807, 2.05) is 18.2 Å². The number of ether oxygens (including phenoxy) is 2. The number of nitrogens with one attached hydrogen (secondary N) is 1. The predicted octanol–water partition coefficient (Wildman–Crippen LogP) is 4.39. The molecule has 0 spiro atoms. The number of anilines is 1. The van der Waals surface area contributed by atoms with Crippen molar-refractivity contribution in [3.63, 3.8) is 0 Å². The summed E-state index contributed by atoms with van der Waals surface area (Å²) in [5.41, 5.74) is 3.37. The Morgan fingerprint density at radius 3 is 2.50 bits per heavy atom. The van der Waals surface area contributed by atoms with Crippen LogP contribution in [0, 0.1) is 6.92 Å². The Morgan fingerprint density at radius 2 is 1.85 bits per heavy atom. The number of rotatable bonds is 5. The van der Waals surface area contributed by atoms with E-state index in [2.05, 4.69) is 46.4 Å². The van der Waals surface area contributed by atoms with Gasteiger partial charge >= 0.3 is 0 Å². The molecule has 2 rings (SSSR count). The van der Waals surface area contributed by atoms with Gasteiger partial charge in [0.25, 0.3) is 0 Å². The van der Waals surface area contributed by atoms with Crippen molar-refractivity contribution < 1.29 is 9.47 Å². The molecule has 0 radical (unpaired) electrons. The van der Waals surface area contributed by atoms with Gasteiger partial charge in [-0.25, -0.2) is 0 Å². The fourth-order valence-corrected chi connectivity index (χ4v) is 2.59. The first kappa shape index (κ1) is 14.7. The largest absolute Gasteiger partial charge is 0.497 e. The van der Waals surface area contributed by atoms with Crippen molar-refractivity contribution in [2.75, 3.05) is 19.5 Å². The SMILES string of the molecule is COc1ccc(CNc2ccc(C)cc2Br)c(OC)c1. The zero-order chi connectivity index (χ0) is 14.5. The van der Waals surface area contributed by atoms with Gasteiger partial charge in [0.15, 0.2) is 0 Å². The fourth-order valence-electron chi connectivity index (χ4n) is 1.95. The van der Waals surface area contributed by atoms with Crippen molar-refractivity contribution >= 4 is 21.6 Å². The van der Waals surface area contributed by atoms with Gasteiger partial charge in [0.2, 0.25) is 0 Å². The Labute approximate surface area is 128 Å². The van der Waals surface area contributed by atoms with Gasteiger partial charge in [0, 0.05) is 28.3 Å². The molecule has 0 atom stereocenters. The number of hydrogen-bond acceptors (Lipinski definition) is 3. The van der Waals surface area contributed by atoms with E-state index in [1.165, 1.54) is 5.56 Å². The molecular weight excluding hydrogens is 318 g/mol. The topological polar surface area (TPSA) is 30.5 Å². The standard InChI is InChI=1S/C16H18BrNO2/c1-11-4-7-15(14(17)8-11)18-10-12-5-6-13(19-2)9-16(12)20-3/h4-9,18H,10H2,1-3H3. The lowest BCUT2D eigenvalue weighted by atomic mass is 10.1. The molecule has 0 unspecified atom stereocenters. The van der Waals surface area contributed by atoms with Gasteiger partial charge in [-0.05, 0) is 52.7 Å². The van der Waals surface area contributed by atoms with Crippen LogP contribution in [0.5, 0.6) is 11.5 Å². The summed E-state index contributed by atoms with van der Waals surface area (Å²) >= 11 is 3.57. The Morgan fingerprint density at radius 1 is 1.05 bits per heavy atom. The quantitative estimate of drug-likeness (QED) is 0.879. The van der Waals surface area contributed by atoms with Crippen molar-refractivity contribution in [3.05, 3.63) is 52.0 Å². The Kier molecular flexibility index (Phi) is 4.90. The Bertz CT molecular complexity index is 599. The van der Waals surface area contributed by atoms with Crippen LogP contribution in [0.2, 0.25) is 0 Å². The zero-order valence-electron chi connectivity index (χ0n) is 11.9. The highest BCUT2D eigenvalue weighted by Gasteiger charge is 2.06. The summed E-state index contributed by atoms with van der Waals surface area (Å²) in [5, 5.41) is 3.40. The molecule has 2 aromatic rings. The van der Waals surface area contributed by atoms with E-state index in [0.29, 0.717) is 6.54 Å². The number of aryl methyl sites for hydroxylation is 1. The average molecular weight is 336 g/mol. The molecule has 0 fully saturated rings. The smallest absolute Gasteiger partial charge is 0.127 e. The van der Waals surface area contributed by atoms with E-state index in [4.69, 9.17) is 9.47 Å². The number of methoxy groups -OCH3 is 2. The van der Waals surface area contributed by atoms with Crippen molar-refractivity contribution in [1.82, 2.24) is 0 Å². The molecular formula is C16H18BrNO2. The maximum Gasteiger partial charge on any atom is 0.127 e. The zero-order valence-corrected chi connectivity index (χ0v) is 13.5. The maximum atomic E-state index is 5.39. The normalized spacial score (nSPS) is 10.2. The Hall–Kier alpha value is -1.68. The first-order chi connectivity index (χ1) is 9.63. The third-order valence-corrected chi connectivity index (χ3v) is 3.74. The van der Waals surface area contributed by atoms with Crippen LogP contribution in [0.1, 0.15) is 11.1 Å². The average Bonchev–Trinajstić information content (AvgIpc) is 2.46. The summed E-state index contributed by atoms with van der Waals surface area (Å²) in [6.45, 7) is 2.76. The Balaban J connectivity index is 2.14. The van der Waals surface area contributed by atoms with Gasteiger partial charge in [-0.3, -0.25) is 0 Å². The molecule has 0 heterocycles. The molecule has 1 N–H and O–H groups in total. The van der Waals surface area contributed by atoms with Crippen molar-refractivity contribution in [3.8, 4) is 11.5 Å². The molecule has 2 aromatic carbocycles. The van der Waals surface area contributed by atoms with Gasteiger partial charge < -0.3 is 14.8 Å². The maximum absolute atomic E-state index is 5.39. The van der Waals surface area contributed by atoms with Crippen LogP contribution in [0.15, 0.2) is 40.9 Å². The van der Waals surface area contributed by atoms with Gasteiger partial charge in [-0.1, -0.05) is 6.07 Å². The summed E-state index contributed by atoms with van der Waals surface area (Å²) in [5.74, 6) is 1.61. The summed E-state index contributed by atoms with van der Waals surface area (Å²) in [4.78, 5) is 0. The minimum absolute atomic E-state index is 0.689. The van der Waals surface area contributed by atoms with Crippen LogP contribution in [0.4, 0.5) is 5.69 Å². The fraction of sp³-hybridized carbons (Fsp3) is 0.250. The minimum Gasteiger partial charge on any atom is -0.497 e. The highest BCUT2D eigenvalue weighted by atomic mass is 79.9. The molecule has 0 aliphatic rings. The lowest BCUT2D eigenvalue weighted by Gasteiger charge is -2.13. The number of benzene rings is 2.